The molecule has 34 heavy (non-hydrogen) atoms. The number of hydrogen-bond acceptors (Lipinski definition) is 5. The van der Waals surface area contributed by atoms with Crippen LogP contribution in [0.1, 0.15) is 18.1 Å². The number of H-pyrrole nitrogens is 1. The second-order valence-corrected chi connectivity index (χ2v) is 8.88. The van der Waals surface area contributed by atoms with E-state index in [1.54, 1.807) is 10.7 Å². The molecule has 0 unspecified atom stereocenters. The van der Waals surface area contributed by atoms with Crippen LogP contribution in [0.3, 0.4) is 0 Å². The summed E-state index contributed by atoms with van der Waals surface area (Å²) in [5.41, 5.74) is 5.85. The maximum Gasteiger partial charge on any atom is 0.214 e. The zero-order valence-electron chi connectivity index (χ0n) is 18.1. The van der Waals surface area contributed by atoms with E-state index in [0.717, 1.165) is 15.6 Å². The minimum absolute atomic E-state index is 0.174. The summed E-state index contributed by atoms with van der Waals surface area (Å²) >= 11 is 15.1. The third-order valence-corrected chi connectivity index (χ3v) is 6.31. The lowest BCUT2D eigenvalue weighted by atomic mass is 10.2. The van der Waals surface area contributed by atoms with Crippen molar-refractivity contribution >= 4 is 39.7 Å². The summed E-state index contributed by atoms with van der Waals surface area (Å²) in [6, 6.07) is 17.7. The van der Waals surface area contributed by atoms with Crippen LogP contribution in [0.15, 0.2) is 65.1 Å². The number of hydrogen-bond donors (Lipinski definition) is 2. The second-order valence-electron chi connectivity index (χ2n) is 7.24. The van der Waals surface area contributed by atoms with Gasteiger partial charge in [0.2, 0.25) is 4.77 Å². The fourth-order valence-electron chi connectivity index (χ4n) is 3.28. The third kappa shape index (κ3) is 5.60. The first kappa shape index (κ1) is 24.3. The molecule has 0 saturated heterocycles. The Bertz CT molecular complexity index is 1350. The van der Waals surface area contributed by atoms with Crippen molar-refractivity contribution in [1.82, 2.24) is 14.9 Å². The predicted molar refractivity (Wildman–Crippen MR) is 137 cm³/mol. The Kier molecular flexibility index (Phi) is 7.87. The minimum atomic E-state index is -0.392. The fourth-order valence-corrected chi connectivity index (χ4v) is 4.16. The zero-order valence-corrected chi connectivity index (χ0v) is 21.3. The van der Waals surface area contributed by atoms with Gasteiger partial charge in [-0.05, 0) is 49.0 Å². The topological polar surface area (TPSA) is 64.1 Å². The third-order valence-electron chi connectivity index (χ3n) is 4.94. The number of ether oxygens (including phenoxy) is 2. The van der Waals surface area contributed by atoms with Gasteiger partial charge in [0.05, 0.1) is 18.2 Å². The van der Waals surface area contributed by atoms with Crippen LogP contribution in [-0.2, 0) is 13.2 Å². The highest BCUT2D eigenvalue weighted by molar-refractivity contribution is 9.10. The van der Waals surface area contributed by atoms with Crippen LogP contribution in [0.5, 0.6) is 11.5 Å². The number of nitrogens with zero attached hydrogens (tertiary/aromatic N) is 2. The van der Waals surface area contributed by atoms with E-state index in [9.17, 15) is 4.39 Å². The Balaban J connectivity index is 1.54. The number of nitrogens with one attached hydrogen (secondary N) is 2. The molecule has 0 aliphatic carbocycles. The molecule has 2 N–H and O–H groups in total. The van der Waals surface area contributed by atoms with E-state index in [1.165, 1.54) is 12.1 Å². The molecule has 1 heterocycles. The quantitative estimate of drug-likeness (QED) is 0.217. The summed E-state index contributed by atoms with van der Waals surface area (Å²) in [4.78, 5) is 0. The maximum atomic E-state index is 13.3. The van der Waals surface area contributed by atoms with Gasteiger partial charge in [-0.15, -0.1) is 0 Å². The molecule has 1 aromatic heterocycles. The summed E-state index contributed by atoms with van der Waals surface area (Å²) in [5.74, 6) is 1.42. The van der Waals surface area contributed by atoms with Gasteiger partial charge in [-0.1, -0.05) is 63.9 Å². The largest absolute Gasteiger partial charge is 0.490 e. The molecule has 0 aliphatic rings. The molecular weight excluding hydrogens is 543 g/mol. The highest BCUT2D eigenvalue weighted by Gasteiger charge is 2.14. The molecule has 0 amide bonds. The van der Waals surface area contributed by atoms with Crippen molar-refractivity contribution in [2.75, 3.05) is 12.0 Å². The first-order chi connectivity index (χ1) is 16.5. The van der Waals surface area contributed by atoms with Gasteiger partial charge in [-0.3, -0.25) is 0 Å². The van der Waals surface area contributed by atoms with Crippen LogP contribution in [0.4, 0.5) is 4.39 Å². The van der Waals surface area contributed by atoms with Crippen LogP contribution in [-0.4, -0.2) is 21.5 Å². The number of aromatic nitrogens is 3. The maximum absolute atomic E-state index is 13.3. The lowest BCUT2D eigenvalue weighted by molar-refractivity contribution is 0.269. The van der Waals surface area contributed by atoms with Crippen molar-refractivity contribution in [3.63, 3.8) is 0 Å². The standard InChI is InChI=1S/C24H21BrClFN4O2S/c1-2-32-21-10-17(13-28-31-23(29-30-24(31)34)15-6-4-3-5-7-15)19(25)12-22(21)33-14-16-8-9-18(27)11-20(16)26/h3-12,28H,2,13-14H2,1H3,(H,30,34). The van der Waals surface area contributed by atoms with E-state index in [1.807, 2.05) is 49.4 Å². The van der Waals surface area contributed by atoms with E-state index in [-0.39, 0.29) is 6.61 Å². The number of halogens is 3. The minimum Gasteiger partial charge on any atom is -0.490 e. The van der Waals surface area contributed by atoms with Gasteiger partial charge in [0, 0.05) is 15.6 Å². The molecule has 0 atom stereocenters. The molecule has 4 aromatic rings. The van der Waals surface area contributed by atoms with E-state index in [4.69, 9.17) is 33.3 Å². The Morgan fingerprint density at radius 3 is 2.59 bits per heavy atom. The van der Waals surface area contributed by atoms with Crippen molar-refractivity contribution in [2.24, 2.45) is 0 Å². The first-order valence-electron chi connectivity index (χ1n) is 10.4. The molecule has 0 aliphatic heterocycles. The average molecular weight is 564 g/mol. The molecule has 0 spiro atoms. The van der Waals surface area contributed by atoms with Crippen LogP contribution in [0, 0.1) is 10.6 Å². The van der Waals surface area contributed by atoms with Crippen molar-refractivity contribution in [2.45, 2.75) is 20.1 Å². The molecule has 3 aromatic carbocycles. The predicted octanol–water partition coefficient (Wildman–Crippen LogP) is 6.88. The molecule has 6 nitrogen and oxygen atoms in total. The lowest BCUT2D eigenvalue weighted by Gasteiger charge is -2.17. The number of aromatic amines is 1. The molecule has 0 fully saturated rings. The van der Waals surface area contributed by atoms with Gasteiger partial charge >= 0.3 is 0 Å². The van der Waals surface area contributed by atoms with Gasteiger partial charge in [-0.2, -0.15) is 5.10 Å². The molecular formula is C24H21BrClFN4O2S. The van der Waals surface area contributed by atoms with Crippen molar-refractivity contribution in [3.8, 4) is 22.9 Å². The zero-order chi connectivity index (χ0) is 24.1. The SMILES string of the molecule is CCOc1cc(CNn2c(-c3ccccc3)n[nH]c2=S)c(Br)cc1OCc1ccc(F)cc1Cl. The van der Waals surface area contributed by atoms with Crippen molar-refractivity contribution < 1.29 is 13.9 Å². The van der Waals surface area contributed by atoms with Gasteiger partial charge in [0.25, 0.3) is 0 Å². The average Bonchev–Trinajstić information content (AvgIpc) is 3.20. The van der Waals surface area contributed by atoms with E-state index in [2.05, 4.69) is 31.6 Å². The summed E-state index contributed by atoms with van der Waals surface area (Å²) in [7, 11) is 0. The smallest absolute Gasteiger partial charge is 0.214 e. The monoisotopic (exact) mass is 562 g/mol. The van der Waals surface area contributed by atoms with Crippen LogP contribution < -0.4 is 14.9 Å². The van der Waals surface area contributed by atoms with Crippen LogP contribution >= 0.6 is 39.7 Å². The Morgan fingerprint density at radius 2 is 1.85 bits per heavy atom. The highest BCUT2D eigenvalue weighted by Crippen LogP contribution is 2.35. The van der Waals surface area contributed by atoms with Gasteiger partial charge in [0.15, 0.2) is 17.3 Å². The fraction of sp³-hybridized carbons (Fsp3) is 0.167. The summed E-state index contributed by atoms with van der Waals surface area (Å²) < 4.78 is 28.1. The summed E-state index contributed by atoms with van der Waals surface area (Å²) in [6.07, 6.45) is 0. The first-order valence-corrected chi connectivity index (χ1v) is 12.0. The molecule has 0 bridgehead atoms. The Labute approximate surface area is 214 Å². The molecule has 176 valence electrons. The van der Waals surface area contributed by atoms with Crippen molar-refractivity contribution in [3.05, 3.63) is 91.9 Å². The molecule has 4 rings (SSSR count). The second kappa shape index (κ2) is 11.0. The Hall–Kier alpha value is -2.88. The normalized spacial score (nSPS) is 10.8. The number of rotatable bonds is 9. The molecule has 0 radical (unpaired) electrons. The van der Waals surface area contributed by atoms with E-state index < -0.39 is 5.82 Å². The van der Waals surface area contributed by atoms with Crippen molar-refractivity contribution in [1.29, 1.82) is 0 Å². The van der Waals surface area contributed by atoms with E-state index >= 15 is 0 Å². The van der Waals surface area contributed by atoms with Gasteiger partial charge in [0.1, 0.15) is 12.4 Å². The highest BCUT2D eigenvalue weighted by atomic mass is 79.9. The molecule has 0 saturated carbocycles. The number of benzene rings is 3. The van der Waals surface area contributed by atoms with Gasteiger partial charge < -0.3 is 14.9 Å². The van der Waals surface area contributed by atoms with Crippen LogP contribution in [0.2, 0.25) is 5.02 Å². The van der Waals surface area contributed by atoms with Gasteiger partial charge in [-0.25, -0.2) is 14.2 Å². The molecule has 10 heteroatoms. The van der Waals surface area contributed by atoms with E-state index in [0.29, 0.717) is 45.8 Å². The Morgan fingerprint density at radius 1 is 1.09 bits per heavy atom. The lowest BCUT2D eigenvalue weighted by Crippen LogP contribution is -2.16. The summed E-state index contributed by atoms with van der Waals surface area (Å²) in [6.45, 7) is 2.98. The summed E-state index contributed by atoms with van der Waals surface area (Å²) in [5, 5.41) is 7.48. The van der Waals surface area contributed by atoms with Crippen LogP contribution in [0.25, 0.3) is 11.4 Å².